The lowest BCUT2D eigenvalue weighted by molar-refractivity contribution is 0.208. The zero-order chi connectivity index (χ0) is 10.3. The van der Waals surface area contributed by atoms with E-state index in [2.05, 4.69) is 56.8 Å². The molecule has 0 bridgehead atoms. The fourth-order valence-corrected chi connectivity index (χ4v) is 2.37. The summed E-state index contributed by atoms with van der Waals surface area (Å²) in [6, 6.07) is 0.413. The lowest BCUT2D eigenvalue weighted by atomic mass is 9.86. The molecule has 2 rings (SSSR count). The van der Waals surface area contributed by atoms with E-state index >= 15 is 0 Å². The van der Waals surface area contributed by atoms with Gasteiger partial charge in [-0.1, -0.05) is 20.8 Å². The van der Waals surface area contributed by atoms with E-state index in [1.54, 1.807) is 0 Å². The largest absolute Gasteiger partial charge is 0.308 e. The number of fused-ring (bicyclic) bond motifs is 1. The van der Waals surface area contributed by atoms with E-state index in [1.165, 1.54) is 0 Å². The minimum atomic E-state index is 0.215. The Balaban J connectivity index is 2.44. The van der Waals surface area contributed by atoms with Crippen molar-refractivity contribution in [2.24, 2.45) is 5.41 Å². The van der Waals surface area contributed by atoms with E-state index in [1.807, 2.05) is 0 Å². The Morgan fingerprint density at radius 2 is 2.14 bits per heavy atom. The highest BCUT2D eigenvalue weighted by molar-refractivity contribution is 9.10. The molecule has 0 radical (unpaired) electrons. The van der Waals surface area contributed by atoms with E-state index in [0.717, 1.165) is 23.6 Å². The van der Waals surface area contributed by atoms with Gasteiger partial charge in [-0.3, -0.25) is 4.57 Å². The molecule has 1 aromatic heterocycles. The van der Waals surface area contributed by atoms with Gasteiger partial charge < -0.3 is 5.32 Å². The Bertz CT molecular complexity index is 339. The molecule has 0 saturated carbocycles. The van der Waals surface area contributed by atoms with Crippen molar-refractivity contribution < 1.29 is 0 Å². The summed E-state index contributed by atoms with van der Waals surface area (Å²) in [5.74, 6) is 1.02. The summed E-state index contributed by atoms with van der Waals surface area (Å²) >= 11 is 3.45. The minimum Gasteiger partial charge on any atom is -0.308 e. The van der Waals surface area contributed by atoms with Crippen LogP contribution >= 0.6 is 15.9 Å². The van der Waals surface area contributed by atoms with E-state index in [9.17, 15) is 0 Å². The average molecular weight is 259 g/mol. The molecule has 1 aliphatic rings. The summed E-state index contributed by atoms with van der Waals surface area (Å²) in [6.45, 7) is 8.50. The zero-order valence-corrected chi connectivity index (χ0v) is 10.3. The molecule has 1 unspecified atom stereocenters. The quantitative estimate of drug-likeness (QED) is 0.771. The number of rotatable bonds is 0. The number of halogens is 1. The highest BCUT2D eigenvalue weighted by atomic mass is 79.9. The van der Waals surface area contributed by atoms with Crippen molar-refractivity contribution >= 4 is 15.9 Å². The molecule has 0 aromatic carbocycles. The van der Waals surface area contributed by atoms with Crippen molar-refractivity contribution in [3.63, 3.8) is 0 Å². The maximum atomic E-state index is 4.12. The van der Waals surface area contributed by atoms with Crippen molar-refractivity contribution in [2.75, 3.05) is 6.54 Å². The molecule has 0 spiro atoms. The monoisotopic (exact) mass is 258 g/mol. The van der Waals surface area contributed by atoms with Gasteiger partial charge >= 0.3 is 0 Å². The molecular formula is C9H15BrN4. The first-order valence-electron chi connectivity index (χ1n) is 4.80. The van der Waals surface area contributed by atoms with Crippen molar-refractivity contribution in [3.8, 4) is 0 Å². The van der Waals surface area contributed by atoms with E-state index in [-0.39, 0.29) is 5.41 Å². The lowest BCUT2D eigenvalue weighted by Crippen LogP contribution is -2.39. The van der Waals surface area contributed by atoms with Crippen LogP contribution in [-0.2, 0) is 6.54 Å². The van der Waals surface area contributed by atoms with Crippen LogP contribution < -0.4 is 5.32 Å². The van der Waals surface area contributed by atoms with Gasteiger partial charge in [0, 0.05) is 6.54 Å². The molecule has 14 heavy (non-hydrogen) atoms. The second kappa shape index (κ2) is 3.31. The van der Waals surface area contributed by atoms with Crippen LogP contribution in [0, 0.1) is 5.41 Å². The van der Waals surface area contributed by atoms with E-state index < -0.39 is 0 Å². The molecule has 0 saturated heterocycles. The average Bonchev–Trinajstić information content (AvgIpc) is 2.46. The molecule has 1 aromatic rings. The second-order valence-corrected chi connectivity index (χ2v) is 5.48. The zero-order valence-electron chi connectivity index (χ0n) is 8.71. The van der Waals surface area contributed by atoms with Crippen LogP contribution in [-0.4, -0.2) is 21.3 Å². The van der Waals surface area contributed by atoms with E-state index in [4.69, 9.17) is 0 Å². The van der Waals surface area contributed by atoms with Gasteiger partial charge in [0.1, 0.15) is 5.82 Å². The molecule has 2 heterocycles. The SMILES string of the molecule is CC(C)(C)C1CNCc2nnc(Br)n21. The van der Waals surface area contributed by atoms with Crippen molar-refractivity contribution in [3.05, 3.63) is 10.6 Å². The Morgan fingerprint density at radius 1 is 1.43 bits per heavy atom. The topological polar surface area (TPSA) is 42.7 Å². The van der Waals surface area contributed by atoms with Crippen molar-refractivity contribution in [1.82, 2.24) is 20.1 Å². The number of hydrogen-bond donors (Lipinski definition) is 1. The van der Waals surface area contributed by atoms with Crippen LogP contribution in [0.15, 0.2) is 4.73 Å². The van der Waals surface area contributed by atoms with Gasteiger partial charge in [0.2, 0.25) is 0 Å². The predicted molar refractivity (Wildman–Crippen MR) is 57.9 cm³/mol. The fourth-order valence-electron chi connectivity index (χ4n) is 1.84. The fraction of sp³-hybridized carbons (Fsp3) is 0.778. The van der Waals surface area contributed by atoms with Gasteiger partial charge in [0.25, 0.3) is 0 Å². The van der Waals surface area contributed by atoms with E-state index in [0.29, 0.717) is 6.04 Å². The molecule has 1 N–H and O–H groups in total. The first kappa shape index (κ1) is 10.1. The van der Waals surface area contributed by atoms with Crippen LogP contribution in [0.2, 0.25) is 0 Å². The second-order valence-electron chi connectivity index (χ2n) is 4.77. The Morgan fingerprint density at radius 3 is 2.79 bits per heavy atom. The van der Waals surface area contributed by atoms with Crippen LogP contribution in [0.25, 0.3) is 0 Å². The number of hydrogen-bond acceptors (Lipinski definition) is 3. The molecule has 0 fully saturated rings. The molecule has 5 heteroatoms. The smallest absolute Gasteiger partial charge is 0.200 e. The molecule has 78 valence electrons. The Labute approximate surface area is 92.2 Å². The molecule has 1 aliphatic heterocycles. The van der Waals surface area contributed by atoms with Crippen LogP contribution in [0.3, 0.4) is 0 Å². The third kappa shape index (κ3) is 1.59. The highest BCUT2D eigenvalue weighted by Gasteiger charge is 2.32. The molecule has 1 atom stereocenters. The third-order valence-electron chi connectivity index (χ3n) is 2.66. The minimum absolute atomic E-state index is 0.215. The van der Waals surface area contributed by atoms with Gasteiger partial charge in [0.15, 0.2) is 4.73 Å². The van der Waals surface area contributed by atoms with Crippen molar-refractivity contribution in [1.29, 1.82) is 0 Å². The van der Waals surface area contributed by atoms with Gasteiger partial charge in [-0.2, -0.15) is 0 Å². The van der Waals surface area contributed by atoms with Gasteiger partial charge in [0.05, 0.1) is 12.6 Å². The summed E-state index contributed by atoms with van der Waals surface area (Å²) in [6.07, 6.45) is 0. The Kier molecular flexibility index (Phi) is 2.39. The molecular weight excluding hydrogens is 244 g/mol. The lowest BCUT2D eigenvalue weighted by Gasteiger charge is -2.35. The number of aromatic nitrogens is 3. The first-order chi connectivity index (χ1) is 6.50. The summed E-state index contributed by atoms with van der Waals surface area (Å²) in [5.41, 5.74) is 0.215. The molecule has 0 aliphatic carbocycles. The highest BCUT2D eigenvalue weighted by Crippen LogP contribution is 2.34. The van der Waals surface area contributed by atoms with Crippen LogP contribution in [0.1, 0.15) is 32.6 Å². The summed E-state index contributed by atoms with van der Waals surface area (Å²) < 4.78 is 3.03. The standard InChI is InChI=1S/C9H15BrN4/c1-9(2,3)6-4-11-5-7-12-13-8(10)14(6)7/h6,11H,4-5H2,1-3H3. The van der Waals surface area contributed by atoms with Crippen LogP contribution in [0.5, 0.6) is 0 Å². The van der Waals surface area contributed by atoms with Crippen molar-refractivity contribution in [2.45, 2.75) is 33.4 Å². The summed E-state index contributed by atoms with van der Waals surface area (Å²) in [5, 5.41) is 11.5. The van der Waals surface area contributed by atoms with Gasteiger partial charge in [-0.05, 0) is 21.3 Å². The predicted octanol–water partition coefficient (Wildman–Crippen LogP) is 1.73. The number of nitrogens with one attached hydrogen (secondary N) is 1. The van der Waals surface area contributed by atoms with Gasteiger partial charge in [-0.15, -0.1) is 10.2 Å². The normalized spacial score (nSPS) is 22.1. The van der Waals surface area contributed by atoms with Gasteiger partial charge in [-0.25, -0.2) is 0 Å². The maximum Gasteiger partial charge on any atom is 0.200 e. The summed E-state index contributed by atoms with van der Waals surface area (Å²) in [4.78, 5) is 0. The third-order valence-corrected chi connectivity index (χ3v) is 3.20. The molecule has 4 nitrogen and oxygen atoms in total. The summed E-state index contributed by atoms with van der Waals surface area (Å²) in [7, 11) is 0. The maximum absolute atomic E-state index is 4.12. The number of nitrogens with zero attached hydrogens (tertiary/aromatic N) is 3. The molecule has 0 amide bonds. The first-order valence-corrected chi connectivity index (χ1v) is 5.59. The van der Waals surface area contributed by atoms with Crippen LogP contribution in [0.4, 0.5) is 0 Å². The Hall–Kier alpha value is -0.420.